The van der Waals surface area contributed by atoms with Crippen LogP contribution in [0.25, 0.3) is 10.7 Å². The van der Waals surface area contributed by atoms with Crippen LogP contribution in [0, 0.1) is 6.92 Å². The van der Waals surface area contributed by atoms with Crippen LogP contribution in [0.15, 0.2) is 27.6 Å². The molecule has 0 aliphatic heterocycles. The zero-order chi connectivity index (χ0) is 10.1. The summed E-state index contributed by atoms with van der Waals surface area (Å²) in [6, 6.07) is 3.95. The van der Waals surface area contributed by atoms with Gasteiger partial charge in [-0.3, -0.25) is 4.79 Å². The van der Waals surface area contributed by atoms with Crippen LogP contribution in [0.5, 0.6) is 0 Å². The van der Waals surface area contributed by atoms with E-state index in [0.29, 0.717) is 10.3 Å². The number of nitrogens with zero attached hydrogens (tertiary/aromatic N) is 1. The second-order valence-corrected chi connectivity index (χ2v) is 4.96. The van der Waals surface area contributed by atoms with Crippen LogP contribution in [0.1, 0.15) is 4.88 Å². The van der Waals surface area contributed by atoms with Crippen molar-refractivity contribution >= 4 is 27.3 Å². The summed E-state index contributed by atoms with van der Waals surface area (Å²) in [5.74, 6) is 0.622. The monoisotopic (exact) mass is 270 g/mol. The van der Waals surface area contributed by atoms with Gasteiger partial charge in [0.15, 0.2) is 0 Å². The molecule has 72 valence electrons. The second-order valence-electron chi connectivity index (χ2n) is 2.82. The van der Waals surface area contributed by atoms with E-state index in [0.717, 1.165) is 4.88 Å². The van der Waals surface area contributed by atoms with E-state index in [-0.39, 0.29) is 5.56 Å². The molecule has 0 bridgehead atoms. The minimum Gasteiger partial charge on any atom is -0.305 e. The van der Waals surface area contributed by atoms with Crippen LogP contribution in [-0.4, -0.2) is 9.97 Å². The van der Waals surface area contributed by atoms with Gasteiger partial charge in [-0.1, -0.05) is 0 Å². The summed E-state index contributed by atoms with van der Waals surface area (Å²) in [6.45, 7) is 2.02. The summed E-state index contributed by atoms with van der Waals surface area (Å²) in [6.07, 6.45) is 1.52. The highest BCUT2D eigenvalue weighted by molar-refractivity contribution is 9.10. The van der Waals surface area contributed by atoms with Crippen LogP contribution in [0.3, 0.4) is 0 Å². The molecule has 0 aromatic carbocycles. The molecule has 5 heteroatoms. The van der Waals surface area contributed by atoms with E-state index in [4.69, 9.17) is 0 Å². The Morgan fingerprint density at radius 2 is 2.29 bits per heavy atom. The largest absolute Gasteiger partial charge is 0.305 e. The lowest BCUT2D eigenvalue weighted by Gasteiger charge is -1.95. The highest BCUT2D eigenvalue weighted by atomic mass is 79.9. The first kappa shape index (κ1) is 9.61. The molecule has 0 unspecified atom stereocenters. The second kappa shape index (κ2) is 3.67. The first-order valence-corrected chi connectivity index (χ1v) is 5.59. The predicted molar refractivity (Wildman–Crippen MR) is 60.6 cm³/mol. The SMILES string of the molecule is Cc1ccc(-c2ncc(Br)c(=O)[nH]2)s1. The minimum atomic E-state index is -0.152. The van der Waals surface area contributed by atoms with Crippen molar-refractivity contribution in [2.45, 2.75) is 6.92 Å². The Kier molecular flexibility index (Phi) is 2.52. The fourth-order valence-corrected chi connectivity index (χ4v) is 2.09. The number of hydrogen-bond acceptors (Lipinski definition) is 3. The standard InChI is InChI=1S/C9H7BrN2OS/c1-5-2-3-7(14-5)8-11-4-6(10)9(13)12-8/h2-4H,1H3,(H,11,12,13). The quantitative estimate of drug-likeness (QED) is 0.866. The third-order valence-corrected chi connectivity index (χ3v) is 3.30. The number of rotatable bonds is 1. The van der Waals surface area contributed by atoms with Crippen LogP contribution in [-0.2, 0) is 0 Å². The van der Waals surface area contributed by atoms with E-state index in [1.807, 2.05) is 19.1 Å². The maximum absolute atomic E-state index is 11.3. The van der Waals surface area contributed by atoms with E-state index >= 15 is 0 Å². The number of aromatic amines is 1. The molecule has 0 saturated heterocycles. The van der Waals surface area contributed by atoms with Gasteiger partial charge in [0.05, 0.1) is 4.88 Å². The summed E-state index contributed by atoms with van der Waals surface area (Å²) in [5, 5.41) is 0. The summed E-state index contributed by atoms with van der Waals surface area (Å²) >= 11 is 4.71. The summed E-state index contributed by atoms with van der Waals surface area (Å²) in [5.41, 5.74) is -0.152. The maximum atomic E-state index is 11.3. The highest BCUT2D eigenvalue weighted by Crippen LogP contribution is 2.23. The first-order valence-electron chi connectivity index (χ1n) is 3.98. The first-order chi connectivity index (χ1) is 6.66. The molecule has 0 radical (unpaired) electrons. The van der Waals surface area contributed by atoms with Gasteiger partial charge in [-0.05, 0) is 35.0 Å². The fourth-order valence-electron chi connectivity index (χ4n) is 1.07. The van der Waals surface area contributed by atoms with E-state index in [1.54, 1.807) is 11.3 Å². The topological polar surface area (TPSA) is 45.8 Å². The molecule has 2 aromatic heterocycles. The van der Waals surface area contributed by atoms with Crippen molar-refractivity contribution < 1.29 is 0 Å². The van der Waals surface area contributed by atoms with Gasteiger partial charge >= 0.3 is 0 Å². The molecule has 0 atom stereocenters. The Balaban J connectivity index is 2.53. The Morgan fingerprint density at radius 3 is 2.86 bits per heavy atom. The van der Waals surface area contributed by atoms with Gasteiger partial charge in [0, 0.05) is 11.1 Å². The van der Waals surface area contributed by atoms with Crippen molar-refractivity contribution in [1.82, 2.24) is 9.97 Å². The fraction of sp³-hybridized carbons (Fsp3) is 0.111. The van der Waals surface area contributed by atoms with Crippen molar-refractivity contribution in [1.29, 1.82) is 0 Å². The smallest absolute Gasteiger partial charge is 0.265 e. The molecule has 3 nitrogen and oxygen atoms in total. The van der Waals surface area contributed by atoms with Crippen LogP contribution < -0.4 is 5.56 Å². The Labute approximate surface area is 93.0 Å². The number of H-pyrrole nitrogens is 1. The molecular formula is C9H7BrN2OS. The normalized spacial score (nSPS) is 10.4. The summed E-state index contributed by atoms with van der Waals surface area (Å²) in [7, 11) is 0. The van der Waals surface area contributed by atoms with Gasteiger partial charge in [0.25, 0.3) is 5.56 Å². The number of nitrogens with one attached hydrogen (secondary N) is 1. The number of aryl methyl sites for hydroxylation is 1. The van der Waals surface area contributed by atoms with E-state index in [9.17, 15) is 4.79 Å². The van der Waals surface area contributed by atoms with E-state index in [1.165, 1.54) is 11.1 Å². The highest BCUT2D eigenvalue weighted by Gasteiger charge is 2.04. The van der Waals surface area contributed by atoms with Crippen molar-refractivity contribution in [2.24, 2.45) is 0 Å². The van der Waals surface area contributed by atoms with Crippen molar-refractivity contribution in [3.63, 3.8) is 0 Å². The molecular weight excluding hydrogens is 264 g/mol. The maximum Gasteiger partial charge on any atom is 0.265 e. The molecule has 0 amide bonds. The molecule has 0 saturated carbocycles. The third-order valence-electron chi connectivity index (χ3n) is 1.73. The zero-order valence-electron chi connectivity index (χ0n) is 7.37. The van der Waals surface area contributed by atoms with E-state index in [2.05, 4.69) is 25.9 Å². The van der Waals surface area contributed by atoms with Crippen LogP contribution >= 0.6 is 27.3 Å². The number of hydrogen-bond donors (Lipinski definition) is 1. The van der Waals surface area contributed by atoms with Crippen molar-refractivity contribution in [3.8, 4) is 10.7 Å². The zero-order valence-corrected chi connectivity index (χ0v) is 9.78. The van der Waals surface area contributed by atoms with Gasteiger partial charge < -0.3 is 4.98 Å². The minimum absolute atomic E-state index is 0.152. The van der Waals surface area contributed by atoms with Gasteiger partial charge in [0.1, 0.15) is 10.3 Å². The number of aromatic nitrogens is 2. The molecule has 0 spiro atoms. The third kappa shape index (κ3) is 1.78. The number of thiophene rings is 1. The van der Waals surface area contributed by atoms with Crippen LogP contribution in [0.4, 0.5) is 0 Å². The van der Waals surface area contributed by atoms with Gasteiger partial charge in [-0.25, -0.2) is 4.98 Å². The summed E-state index contributed by atoms with van der Waals surface area (Å²) in [4.78, 5) is 20.3. The van der Waals surface area contributed by atoms with Gasteiger partial charge in [-0.15, -0.1) is 11.3 Å². The lowest BCUT2D eigenvalue weighted by atomic mass is 10.4. The lowest BCUT2D eigenvalue weighted by Crippen LogP contribution is -2.08. The average molecular weight is 271 g/mol. The molecule has 0 aliphatic carbocycles. The average Bonchev–Trinajstić information content (AvgIpc) is 2.57. The molecule has 2 heterocycles. The van der Waals surface area contributed by atoms with Gasteiger partial charge in [-0.2, -0.15) is 0 Å². The number of halogens is 1. The van der Waals surface area contributed by atoms with Crippen molar-refractivity contribution in [2.75, 3.05) is 0 Å². The molecule has 2 aromatic rings. The molecule has 14 heavy (non-hydrogen) atoms. The molecule has 0 aliphatic rings. The van der Waals surface area contributed by atoms with Crippen molar-refractivity contribution in [3.05, 3.63) is 38.0 Å². The molecule has 1 N–H and O–H groups in total. The Morgan fingerprint density at radius 1 is 1.50 bits per heavy atom. The van der Waals surface area contributed by atoms with Crippen LogP contribution in [0.2, 0.25) is 0 Å². The Hall–Kier alpha value is -0.940. The van der Waals surface area contributed by atoms with E-state index < -0.39 is 0 Å². The predicted octanol–water partition coefficient (Wildman–Crippen LogP) is 2.57. The molecule has 2 rings (SSSR count). The molecule has 0 fully saturated rings. The van der Waals surface area contributed by atoms with Gasteiger partial charge in [0.2, 0.25) is 0 Å². The summed E-state index contributed by atoms with van der Waals surface area (Å²) < 4.78 is 0.453. The lowest BCUT2D eigenvalue weighted by molar-refractivity contribution is 1.12. The Bertz CT molecular complexity index is 518.